The first-order valence-electron chi connectivity index (χ1n) is 7.43. The Morgan fingerprint density at radius 3 is 1.30 bits per heavy atom. The van der Waals surface area contributed by atoms with Gasteiger partial charge in [-0.3, -0.25) is 9.98 Å². The van der Waals surface area contributed by atoms with Crippen LogP contribution in [0, 0.1) is 13.8 Å². The van der Waals surface area contributed by atoms with Gasteiger partial charge in [0.15, 0.2) is 0 Å². The van der Waals surface area contributed by atoms with E-state index in [4.69, 9.17) is 0 Å². The van der Waals surface area contributed by atoms with Crippen molar-refractivity contribution in [3.8, 4) is 0 Å². The topological polar surface area (TPSA) is 24.7 Å². The van der Waals surface area contributed by atoms with Gasteiger partial charge in [0.2, 0.25) is 0 Å². The molecule has 0 saturated carbocycles. The molecular weight excluding hydrogens is 375 g/mol. The van der Waals surface area contributed by atoms with Gasteiger partial charge in [-0.2, -0.15) is 0 Å². The number of aryl methyl sites for hydroxylation is 2. The van der Waals surface area contributed by atoms with Crippen LogP contribution in [0.4, 0.5) is 11.4 Å². The molecule has 0 bridgehead atoms. The Kier molecular flexibility index (Phi) is 8.69. The molecule has 0 amide bonds. The maximum absolute atomic E-state index is 4.67. The number of hydrogen-bond acceptors (Lipinski definition) is 2. The van der Waals surface area contributed by atoms with Gasteiger partial charge in [-0.25, -0.2) is 0 Å². The molecule has 0 atom stereocenters. The molecule has 0 heterocycles. The molecule has 0 saturated heterocycles. The summed E-state index contributed by atoms with van der Waals surface area (Å²) in [6.45, 7) is 8.15. The number of para-hydroxylation sites is 2. The van der Waals surface area contributed by atoms with Crippen molar-refractivity contribution in [1.82, 2.24) is 0 Å². The average molecular weight is 401 g/mol. The fourth-order valence-corrected chi connectivity index (χ4v) is 1.90. The second-order valence-electron chi connectivity index (χ2n) is 5.28. The van der Waals surface area contributed by atoms with Gasteiger partial charge < -0.3 is 0 Å². The maximum atomic E-state index is 4.67. The first-order chi connectivity index (χ1) is 11.0. The second-order valence-corrected chi connectivity index (χ2v) is 6.84. The van der Waals surface area contributed by atoms with Gasteiger partial charge in [-0.15, -0.1) is 0 Å². The Labute approximate surface area is 148 Å². The van der Waals surface area contributed by atoms with E-state index in [0.29, 0.717) is 0 Å². The van der Waals surface area contributed by atoms with E-state index >= 15 is 0 Å². The van der Waals surface area contributed by atoms with Crippen LogP contribution in [0.15, 0.2) is 58.5 Å². The van der Waals surface area contributed by atoms with Crippen LogP contribution in [0.5, 0.6) is 0 Å². The van der Waals surface area contributed by atoms with Crippen molar-refractivity contribution in [2.75, 3.05) is 0 Å². The Bertz CT molecular complexity index is 628. The molecule has 0 aromatic heterocycles. The van der Waals surface area contributed by atoms with E-state index < -0.39 is 0 Å². The first-order valence-corrected chi connectivity index (χ1v) is 10.5. The Morgan fingerprint density at radius 1 is 0.696 bits per heavy atom. The molecular formula is C20H26N2Pd. The summed E-state index contributed by atoms with van der Waals surface area (Å²) < 4.78 is 0. The summed E-state index contributed by atoms with van der Waals surface area (Å²) in [6.07, 6.45) is 0. The van der Waals surface area contributed by atoms with E-state index in [1.165, 1.54) is 11.1 Å². The Hall–Kier alpha value is -1.56. The zero-order valence-electron chi connectivity index (χ0n) is 14.8. The van der Waals surface area contributed by atoms with E-state index in [1.54, 1.807) is 0 Å². The summed E-state index contributed by atoms with van der Waals surface area (Å²) in [5.74, 6) is 0. The predicted octanol–water partition coefficient (Wildman–Crippen LogP) is 6.35. The summed E-state index contributed by atoms with van der Waals surface area (Å²) in [7, 11) is 0. The van der Waals surface area contributed by atoms with Crippen molar-refractivity contribution in [3.63, 3.8) is 0 Å². The number of benzene rings is 2. The molecule has 0 radical (unpaired) electrons. The van der Waals surface area contributed by atoms with Gasteiger partial charge in [0.05, 0.1) is 22.8 Å². The van der Waals surface area contributed by atoms with Crippen LogP contribution in [-0.4, -0.2) is 11.4 Å². The van der Waals surface area contributed by atoms with Crippen molar-refractivity contribution >= 4 is 22.8 Å². The zero-order chi connectivity index (χ0) is 17.2. The summed E-state index contributed by atoms with van der Waals surface area (Å²) in [4.78, 5) is 9.34. The molecule has 0 aliphatic rings. The Balaban J connectivity index is 0.000000816. The average Bonchev–Trinajstić information content (AvgIpc) is 2.52. The monoisotopic (exact) mass is 400 g/mol. The van der Waals surface area contributed by atoms with Gasteiger partial charge in [-0.1, -0.05) is 36.4 Å². The minimum atomic E-state index is 0.947. The molecule has 3 heteroatoms. The van der Waals surface area contributed by atoms with Gasteiger partial charge in [0, 0.05) is 0 Å². The predicted molar refractivity (Wildman–Crippen MR) is 99.6 cm³/mol. The summed E-state index contributed by atoms with van der Waals surface area (Å²) >= 11 is 0.950. The quantitative estimate of drug-likeness (QED) is 0.423. The molecule has 0 spiro atoms. The molecule has 126 valence electrons. The third-order valence-electron chi connectivity index (χ3n) is 3.33. The summed E-state index contributed by atoms with van der Waals surface area (Å²) in [6, 6.07) is 16.3. The van der Waals surface area contributed by atoms with Crippen LogP contribution in [0.2, 0.25) is 10.8 Å². The fourth-order valence-electron chi connectivity index (χ4n) is 1.90. The summed E-state index contributed by atoms with van der Waals surface area (Å²) in [5, 5.41) is 4.35. The molecule has 0 aliphatic carbocycles. The molecule has 0 fully saturated rings. The van der Waals surface area contributed by atoms with Gasteiger partial charge >= 0.3 is 28.8 Å². The van der Waals surface area contributed by atoms with E-state index in [9.17, 15) is 0 Å². The molecule has 2 rings (SSSR count). The van der Waals surface area contributed by atoms with Crippen LogP contribution in [0.25, 0.3) is 0 Å². The number of rotatable bonds is 3. The van der Waals surface area contributed by atoms with Crippen LogP contribution in [0.3, 0.4) is 0 Å². The molecule has 2 aromatic rings. The molecule has 23 heavy (non-hydrogen) atoms. The van der Waals surface area contributed by atoms with Crippen LogP contribution in [0.1, 0.15) is 25.0 Å². The van der Waals surface area contributed by atoms with Gasteiger partial charge in [0.25, 0.3) is 0 Å². The molecule has 0 aliphatic heterocycles. The first kappa shape index (κ1) is 19.5. The standard InChI is InChI=1S/C18H20N2.2CH3.Pd/c1-13-9-5-7-11-17(13)19-15(3)16(4)20-18-12-8-6-10-14(18)2;;;/h5-12H,1-4H3;2*1H3;. The van der Waals surface area contributed by atoms with Crippen molar-refractivity contribution in [3.05, 3.63) is 59.7 Å². The van der Waals surface area contributed by atoms with Crippen molar-refractivity contribution in [2.24, 2.45) is 9.98 Å². The van der Waals surface area contributed by atoms with Crippen molar-refractivity contribution in [1.29, 1.82) is 0 Å². The van der Waals surface area contributed by atoms with E-state index in [0.717, 1.165) is 40.8 Å². The summed E-state index contributed by atoms with van der Waals surface area (Å²) in [5.41, 5.74) is 6.25. The SMILES string of the molecule is CC(=Nc1ccccc1C)C(C)=Nc1ccccc1C.[CH3][Pd][CH3]. The molecule has 2 nitrogen and oxygen atoms in total. The van der Waals surface area contributed by atoms with E-state index in [2.05, 4.69) is 46.8 Å². The fraction of sp³-hybridized carbons (Fsp3) is 0.300. The molecule has 0 N–H and O–H groups in total. The second kappa shape index (κ2) is 10.3. The van der Waals surface area contributed by atoms with Crippen LogP contribution < -0.4 is 0 Å². The minimum absolute atomic E-state index is 0.947. The number of hydrogen-bond donors (Lipinski definition) is 0. The number of nitrogens with zero attached hydrogens (tertiary/aromatic N) is 2. The van der Waals surface area contributed by atoms with Crippen molar-refractivity contribution < 1.29 is 18.0 Å². The van der Waals surface area contributed by atoms with Crippen LogP contribution in [-0.2, 0) is 18.0 Å². The van der Waals surface area contributed by atoms with E-state index in [-0.39, 0.29) is 0 Å². The normalized spacial score (nSPS) is 11.9. The van der Waals surface area contributed by atoms with Gasteiger partial charge in [0.1, 0.15) is 0 Å². The Morgan fingerprint density at radius 2 is 1.00 bits per heavy atom. The molecule has 2 aromatic carbocycles. The van der Waals surface area contributed by atoms with E-state index in [1.807, 2.05) is 50.2 Å². The van der Waals surface area contributed by atoms with Crippen molar-refractivity contribution in [2.45, 2.75) is 38.5 Å². The number of aliphatic imine (C=N–C) groups is 2. The third-order valence-corrected chi connectivity index (χ3v) is 3.33. The zero-order valence-corrected chi connectivity index (χ0v) is 16.4. The molecule has 0 unspecified atom stereocenters. The third kappa shape index (κ3) is 6.61. The van der Waals surface area contributed by atoms with Crippen LogP contribution >= 0.6 is 0 Å². The van der Waals surface area contributed by atoms with Gasteiger partial charge in [-0.05, 0) is 51.0 Å².